The molecular weight excluding hydrogens is 285 g/mol. The highest BCUT2D eigenvalue weighted by molar-refractivity contribution is 6.37. The van der Waals surface area contributed by atoms with Crippen LogP contribution in [-0.4, -0.2) is 30.4 Å². The van der Waals surface area contributed by atoms with Crippen LogP contribution in [0.2, 0.25) is 10.0 Å². The van der Waals surface area contributed by atoms with Crippen LogP contribution in [0, 0.1) is 0 Å². The lowest BCUT2D eigenvalue weighted by Gasteiger charge is -2.19. The molecule has 3 N–H and O–H groups in total. The lowest BCUT2D eigenvalue weighted by atomic mass is 10.2. The van der Waals surface area contributed by atoms with Gasteiger partial charge in [0, 0.05) is 5.02 Å². The number of nitrogens with zero attached hydrogens (tertiary/aromatic N) is 1. The molecule has 1 aromatic carbocycles. The molecule has 106 valence electrons. The van der Waals surface area contributed by atoms with Gasteiger partial charge in [-0.05, 0) is 31.6 Å². The second kappa shape index (κ2) is 7.58. The smallest absolute Gasteiger partial charge is 0.238 e. The Morgan fingerprint density at radius 2 is 2.05 bits per heavy atom. The highest BCUT2D eigenvalue weighted by Gasteiger charge is 2.13. The van der Waals surface area contributed by atoms with Crippen LogP contribution < -0.4 is 11.1 Å². The number of hydrogen-bond donors (Lipinski definition) is 2. The monoisotopic (exact) mass is 303 g/mol. The number of halogens is 2. The Bertz CT molecular complexity index is 429. The van der Waals surface area contributed by atoms with Gasteiger partial charge in [0.1, 0.15) is 0 Å². The van der Waals surface area contributed by atoms with Gasteiger partial charge in [-0.25, -0.2) is 0 Å². The molecule has 0 saturated heterocycles. The number of benzene rings is 1. The first kappa shape index (κ1) is 16.1. The number of amides is 1. The normalized spacial score (nSPS) is 10.8. The third-order valence-corrected chi connectivity index (χ3v) is 3.22. The summed E-state index contributed by atoms with van der Waals surface area (Å²) in [6, 6.07) is 3.12. The van der Waals surface area contributed by atoms with Crippen molar-refractivity contribution in [1.82, 2.24) is 4.90 Å². The summed E-state index contributed by atoms with van der Waals surface area (Å²) in [6.45, 7) is 6.13. The first-order valence-electron chi connectivity index (χ1n) is 6.24. The molecule has 0 aliphatic carbocycles. The van der Waals surface area contributed by atoms with E-state index in [1.165, 1.54) is 0 Å². The summed E-state index contributed by atoms with van der Waals surface area (Å²) in [5.74, 6) is -0.133. The van der Waals surface area contributed by atoms with E-state index in [0.717, 1.165) is 19.5 Å². The van der Waals surface area contributed by atoms with Crippen molar-refractivity contribution in [3.63, 3.8) is 0 Å². The Morgan fingerprint density at radius 3 is 2.58 bits per heavy atom. The van der Waals surface area contributed by atoms with Crippen molar-refractivity contribution in [3.8, 4) is 0 Å². The fourth-order valence-corrected chi connectivity index (χ4v) is 2.33. The zero-order valence-corrected chi connectivity index (χ0v) is 12.7. The molecule has 0 aliphatic heterocycles. The van der Waals surface area contributed by atoms with Crippen LogP contribution in [0.1, 0.15) is 20.3 Å². The van der Waals surface area contributed by atoms with Crippen molar-refractivity contribution >= 4 is 40.5 Å². The number of rotatable bonds is 6. The largest absolute Gasteiger partial charge is 0.397 e. The van der Waals surface area contributed by atoms with Crippen LogP contribution >= 0.6 is 23.2 Å². The number of likely N-dealkylation sites (N-methyl/N-ethyl adjacent to an activating group) is 1. The predicted octanol–water partition coefficient (Wildman–Crippen LogP) is 3.25. The third-order valence-electron chi connectivity index (χ3n) is 2.70. The molecule has 4 nitrogen and oxygen atoms in total. The highest BCUT2D eigenvalue weighted by Crippen LogP contribution is 2.31. The first-order chi connectivity index (χ1) is 8.97. The maximum Gasteiger partial charge on any atom is 0.238 e. The second-order valence-electron chi connectivity index (χ2n) is 4.27. The maximum absolute atomic E-state index is 11.9. The molecule has 0 bridgehead atoms. The van der Waals surface area contributed by atoms with E-state index in [4.69, 9.17) is 28.9 Å². The van der Waals surface area contributed by atoms with Gasteiger partial charge in [0.05, 0.1) is 22.9 Å². The summed E-state index contributed by atoms with van der Waals surface area (Å²) in [4.78, 5) is 14.0. The molecule has 0 aliphatic rings. The molecule has 0 saturated carbocycles. The minimum atomic E-state index is -0.133. The second-order valence-corrected chi connectivity index (χ2v) is 5.11. The Kier molecular flexibility index (Phi) is 6.42. The van der Waals surface area contributed by atoms with Crippen molar-refractivity contribution in [3.05, 3.63) is 22.2 Å². The third kappa shape index (κ3) is 4.90. The number of nitrogens with two attached hydrogens (primary N) is 1. The number of carbonyl (C=O) groups excluding carboxylic acids is 1. The Hall–Kier alpha value is -0.970. The molecule has 6 heteroatoms. The summed E-state index contributed by atoms with van der Waals surface area (Å²) >= 11 is 11.8. The average molecular weight is 304 g/mol. The molecule has 1 aromatic rings. The molecule has 0 spiro atoms. The van der Waals surface area contributed by atoms with E-state index in [1.54, 1.807) is 12.1 Å². The number of carbonyl (C=O) groups is 1. The fourth-order valence-electron chi connectivity index (χ4n) is 1.77. The van der Waals surface area contributed by atoms with E-state index >= 15 is 0 Å². The standard InChI is InChI=1S/C13H19Cl2N3O/c1-3-5-18(4-2)8-12(19)17-13-10(15)6-9(14)7-11(13)16/h6-7H,3-5,8,16H2,1-2H3,(H,17,19). The van der Waals surface area contributed by atoms with Gasteiger partial charge in [-0.15, -0.1) is 0 Å². The van der Waals surface area contributed by atoms with Gasteiger partial charge in [-0.1, -0.05) is 37.0 Å². The molecule has 19 heavy (non-hydrogen) atoms. The predicted molar refractivity (Wildman–Crippen MR) is 81.9 cm³/mol. The van der Waals surface area contributed by atoms with Crippen molar-refractivity contribution in [1.29, 1.82) is 0 Å². The molecule has 0 fully saturated rings. The Morgan fingerprint density at radius 1 is 1.37 bits per heavy atom. The molecule has 0 unspecified atom stereocenters. The number of nitrogen functional groups attached to an aromatic ring is 1. The van der Waals surface area contributed by atoms with E-state index in [0.29, 0.717) is 28.0 Å². The molecular formula is C13H19Cl2N3O. The van der Waals surface area contributed by atoms with Crippen molar-refractivity contribution in [2.75, 3.05) is 30.7 Å². The average Bonchev–Trinajstić information content (AvgIpc) is 2.33. The van der Waals surface area contributed by atoms with Crippen LogP contribution in [0.15, 0.2) is 12.1 Å². The summed E-state index contributed by atoms with van der Waals surface area (Å²) in [5, 5.41) is 3.52. The van der Waals surface area contributed by atoms with Crippen LogP contribution in [0.25, 0.3) is 0 Å². The zero-order chi connectivity index (χ0) is 14.4. The topological polar surface area (TPSA) is 58.4 Å². The molecule has 0 heterocycles. The summed E-state index contributed by atoms with van der Waals surface area (Å²) in [7, 11) is 0. The van der Waals surface area contributed by atoms with Gasteiger partial charge in [0.15, 0.2) is 0 Å². The Balaban J connectivity index is 2.72. The lowest BCUT2D eigenvalue weighted by molar-refractivity contribution is -0.117. The highest BCUT2D eigenvalue weighted by atomic mass is 35.5. The fraction of sp³-hybridized carbons (Fsp3) is 0.462. The van der Waals surface area contributed by atoms with Crippen LogP contribution in [0.4, 0.5) is 11.4 Å². The zero-order valence-electron chi connectivity index (χ0n) is 11.2. The van der Waals surface area contributed by atoms with Gasteiger partial charge in [-0.3, -0.25) is 9.69 Å². The summed E-state index contributed by atoms with van der Waals surface area (Å²) in [6.07, 6.45) is 1.00. The molecule has 0 aromatic heterocycles. The quantitative estimate of drug-likeness (QED) is 0.793. The SMILES string of the molecule is CCCN(CC)CC(=O)Nc1c(N)cc(Cl)cc1Cl. The maximum atomic E-state index is 11.9. The van der Waals surface area contributed by atoms with E-state index in [-0.39, 0.29) is 5.91 Å². The van der Waals surface area contributed by atoms with Gasteiger partial charge in [0.2, 0.25) is 5.91 Å². The minimum absolute atomic E-state index is 0.133. The van der Waals surface area contributed by atoms with E-state index in [1.807, 2.05) is 6.92 Å². The van der Waals surface area contributed by atoms with Crippen molar-refractivity contribution < 1.29 is 4.79 Å². The molecule has 0 radical (unpaired) electrons. The first-order valence-corrected chi connectivity index (χ1v) is 7.00. The Labute approximate surface area is 123 Å². The summed E-state index contributed by atoms with van der Waals surface area (Å²) in [5.41, 5.74) is 6.58. The van der Waals surface area contributed by atoms with Gasteiger partial charge in [0.25, 0.3) is 0 Å². The molecule has 1 rings (SSSR count). The molecule has 0 atom stereocenters. The van der Waals surface area contributed by atoms with E-state index in [2.05, 4.69) is 17.1 Å². The van der Waals surface area contributed by atoms with Crippen LogP contribution in [0.3, 0.4) is 0 Å². The van der Waals surface area contributed by atoms with E-state index in [9.17, 15) is 4.79 Å². The number of nitrogens with one attached hydrogen (secondary N) is 1. The van der Waals surface area contributed by atoms with Gasteiger partial charge >= 0.3 is 0 Å². The van der Waals surface area contributed by atoms with Crippen LogP contribution in [0.5, 0.6) is 0 Å². The van der Waals surface area contributed by atoms with E-state index < -0.39 is 0 Å². The molecule has 1 amide bonds. The van der Waals surface area contributed by atoms with Crippen LogP contribution in [-0.2, 0) is 4.79 Å². The van der Waals surface area contributed by atoms with Crippen molar-refractivity contribution in [2.24, 2.45) is 0 Å². The lowest BCUT2D eigenvalue weighted by Crippen LogP contribution is -2.33. The summed E-state index contributed by atoms with van der Waals surface area (Å²) < 4.78 is 0. The number of hydrogen-bond acceptors (Lipinski definition) is 3. The number of anilines is 2. The van der Waals surface area contributed by atoms with Gasteiger partial charge < -0.3 is 11.1 Å². The van der Waals surface area contributed by atoms with Gasteiger partial charge in [-0.2, -0.15) is 0 Å². The minimum Gasteiger partial charge on any atom is -0.397 e. The van der Waals surface area contributed by atoms with Crippen molar-refractivity contribution in [2.45, 2.75) is 20.3 Å².